The molecule has 0 saturated carbocycles. The number of nitrogens with zero attached hydrogens (tertiary/aromatic N) is 2. The molecule has 0 aliphatic carbocycles. The lowest BCUT2D eigenvalue weighted by atomic mass is 9.96. The molecule has 0 amide bonds. The van der Waals surface area contributed by atoms with E-state index in [0.29, 0.717) is 19.6 Å². The third kappa shape index (κ3) is 2.86. The molecule has 3 N–H and O–H groups in total. The largest absolute Gasteiger partial charge is 0.385 e. The molecule has 1 saturated heterocycles. The maximum absolute atomic E-state index is 10.5. The van der Waals surface area contributed by atoms with Crippen LogP contribution >= 0.6 is 0 Å². The Hall–Kier alpha value is -1.40. The number of rotatable bonds is 5. The van der Waals surface area contributed by atoms with Gasteiger partial charge in [0, 0.05) is 32.2 Å². The van der Waals surface area contributed by atoms with Gasteiger partial charge in [-0.3, -0.25) is 0 Å². The summed E-state index contributed by atoms with van der Waals surface area (Å²) >= 11 is 0. The van der Waals surface area contributed by atoms with Crippen molar-refractivity contribution in [2.75, 3.05) is 30.8 Å². The van der Waals surface area contributed by atoms with Crippen LogP contribution in [0.4, 0.5) is 11.6 Å². The fourth-order valence-electron chi connectivity index (χ4n) is 2.52. The Labute approximate surface area is 120 Å². The summed E-state index contributed by atoms with van der Waals surface area (Å²) in [6.45, 7) is 7.12. The lowest BCUT2D eigenvalue weighted by Gasteiger charge is -2.27. The molecule has 1 fully saturated rings. The molecule has 0 radical (unpaired) electrons. The molecule has 1 aliphatic heterocycles. The van der Waals surface area contributed by atoms with Crippen molar-refractivity contribution >= 4 is 11.6 Å². The van der Waals surface area contributed by atoms with Crippen LogP contribution in [0.3, 0.4) is 0 Å². The monoisotopic (exact) mass is 280 g/mol. The van der Waals surface area contributed by atoms with Crippen LogP contribution in [0.25, 0.3) is 0 Å². The molecule has 1 aromatic heterocycles. The Kier molecular flexibility index (Phi) is 4.45. The van der Waals surface area contributed by atoms with E-state index in [1.807, 2.05) is 14.0 Å². The predicted molar refractivity (Wildman–Crippen MR) is 79.1 cm³/mol. The molecule has 2 unspecified atom stereocenters. The van der Waals surface area contributed by atoms with Gasteiger partial charge in [-0.2, -0.15) is 0 Å². The van der Waals surface area contributed by atoms with Gasteiger partial charge in [0.25, 0.3) is 0 Å². The van der Waals surface area contributed by atoms with Crippen LogP contribution in [0.15, 0.2) is 6.33 Å². The van der Waals surface area contributed by atoms with Gasteiger partial charge in [-0.25, -0.2) is 9.97 Å². The number of aliphatic hydroxyl groups is 1. The highest BCUT2D eigenvalue weighted by Crippen LogP contribution is 2.30. The van der Waals surface area contributed by atoms with Crippen LogP contribution < -0.4 is 10.6 Å². The normalized spacial score (nSPS) is 26.0. The van der Waals surface area contributed by atoms with E-state index >= 15 is 0 Å². The standard InChI is InChI=1S/C14H24N4O2/c1-9(2)11-12(15-4)17-8-18-13(11)16-7-14(19)5-6-20-10(14)3/h8-10,19H,5-7H2,1-4H3,(H2,15,16,17,18). The highest BCUT2D eigenvalue weighted by Gasteiger charge is 2.39. The van der Waals surface area contributed by atoms with E-state index in [9.17, 15) is 5.11 Å². The number of aromatic nitrogens is 2. The minimum atomic E-state index is -0.834. The van der Waals surface area contributed by atoms with E-state index in [0.717, 1.165) is 17.2 Å². The topological polar surface area (TPSA) is 79.3 Å². The van der Waals surface area contributed by atoms with E-state index in [-0.39, 0.29) is 12.0 Å². The first-order chi connectivity index (χ1) is 9.48. The number of hydrogen-bond donors (Lipinski definition) is 3. The molecule has 6 nitrogen and oxygen atoms in total. The second kappa shape index (κ2) is 5.93. The molecule has 2 rings (SSSR count). The van der Waals surface area contributed by atoms with Gasteiger partial charge in [0.1, 0.15) is 23.6 Å². The lowest BCUT2D eigenvalue weighted by molar-refractivity contribution is -0.0176. The van der Waals surface area contributed by atoms with Gasteiger partial charge in [0.2, 0.25) is 0 Å². The highest BCUT2D eigenvalue weighted by molar-refractivity contribution is 5.58. The minimum Gasteiger partial charge on any atom is -0.385 e. The minimum absolute atomic E-state index is 0.164. The van der Waals surface area contributed by atoms with E-state index < -0.39 is 5.60 Å². The van der Waals surface area contributed by atoms with Crippen molar-refractivity contribution < 1.29 is 9.84 Å². The molecule has 112 valence electrons. The van der Waals surface area contributed by atoms with E-state index in [2.05, 4.69) is 34.4 Å². The number of anilines is 2. The second-order valence-electron chi connectivity index (χ2n) is 5.61. The van der Waals surface area contributed by atoms with Gasteiger partial charge in [0.05, 0.1) is 6.10 Å². The van der Waals surface area contributed by atoms with Crippen molar-refractivity contribution in [3.8, 4) is 0 Å². The highest BCUT2D eigenvalue weighted by atomic mass is 16.5. The summed E-state index contributed by atoms with van der Waals surface area (Å²) < 4.78 is 5.44. The fraction of sp³-hybridized carbons (Fsp3) is 0.714. The number of hydrogen-bond acceptors (Lipinski definition) is 6. The van der Waals surface area contributed by atoms with Gasteiger partial charge in [-0.15, -0.1) is 0 Å². The first kappa shape index (κ1) is 15.0. The number of ether oxygens (including phenoxy) is 1. The maximum Gasteiger partial charge on any atom is 0.135 e. The van der Waals surface area contributed by atoms with Gasteiger partial charge in [0.15, 0.2) is 0 Å². The summed E-state index contributed by atoms with van der Waals surface area (Å²) in [4.78, 5) is 8.55. The van der Waals surface area contributed by atoms with Crippen molar-refractivity contribution in [1.29, 1.82) is 0 Å². The number of nitrogens with one attached hydrogen (secondary N) is 2. The molecule has 0 bridgehead atoms. The second-order valence-corrected chi connectivity index (χ2v) is 5.61. The molecular formula is C14H24N4O2. The summed E-state index contributed by atoms with van der Waals surface area (Å²) in [5, 5.41) is 16.9. The van der Waals surface area contributed by atoms with E-state index in [1.165, 1.54) is 6.33 Å². The third-order valence-corrected chi connectivity index (χ3v) is 3.92. The van der Waals surface area contributed by atoms with Crippen LogP contribution in [-0.4, -0.2) is 47.0 Å². The summed E-state index contributed by atoms with van der Waals surface area (Å²) in [6, 6.07) is 0. The third-order valence-electron chi connectivity index (χ3n) is 3.92. The smallest absolute Gasteiger partial charge is 0.135 e. The fourth-order valence-corrected chi connectivity index (χ4v) is 2.52. The van der Waals surface area contributed by atoms with Crippen LogP contribution in [-0.2, 0) is 4.74 Å². The average Bonchev–Trinajstić information content (AvgIpc) is 2.76. The van der Waals surface area contributed by atoms with Crippen LogP contribution in [0.1, 0.15) is 38.7 Å². The van der Waals surface area contributed by atoms with Crippen molar-refractivity contribution in [2.24, 2.45) is 0 Å². The first-order valence-electron chi connectivity index (χ1n) is 7.08. The average molecular weight is 280 g/mol. The Morgan fingerprint density at radius 1 is 1.45 bits per heavy atom. The van der Waals surface area contributed by atoms with Gasteiger partial charge in [-0.05, 0) is 12.8 Å². The van der Waals surface area contributed by atoms with Crippen LogP contribution in [0.5, 0.6) is 0 Å². The van der Waals surface area contributed by atoms with Crippen molar-refractivity contribution in [2.45, 2.75) is 44.8 Å². The quantitative estimate of drug-likeness (QED) is 0.760. The molecule has 0 aromatic carbocycles. The van der Waals surface area contributed by atoms with E-state index in [4.69, 9.17) is 4.74 Å². The SMILES string of the molecule is CNc1ncnc(NCC2(O)CCOC2C)c1C(C)C. The predicted octanol–water partition coefficient (Wildman–Crippen LogP) is 1.59. The van der Waals surface area contributed by atoms with Gasteiger partial charge < -0.3 is 20.5 Å². The van der Waals surface area contributed by atoms with Crippen molar-refractivity contribution in [3.63, 3.8) is 0 Å². The molecule has 6 heteroatoms. The first-order valence-corrected chi connectivity index (χ1v) is 7.08. The Morgan fingerprint density at radius 3 is 2.70 bits per heavy atom. The summed E-state index contributed by atoms with van der Waals surface area (Å²) in [5.41, 5.74) is 0.198. The molecule has 20 heavy (non-hydrogen) atoms. The zero-order valence-corrected chi connectivity index (χ0v) is 12.6. The summed E-state index contributed by atoms with van der Waals surface area (Å²) in [6.07, 6.45) is 2.00. The van der Waals surface area contributed by atoms with Crippen LogP contribution in [0, 0.1) is 0 Å². The van der Waals surface area contributed by atoms with Crippen molar-refractivity contribution in [1.82, 2.24) is 9.97 Å². The molecule has 2 atom stereocenters. The molecular weight excluding hydrogens is 256 g/mol. The zero-order valence-electron chi connectivity index (χ0n) is 12.6. The maximum atomic E-state index is 10.5. The molecule has 2 heterocycles. The van der Waals surface area contributed by atoms with Gasteiger partial charge in [-0.1, -0.05) is 13.8 Å². The molecule has 1 aromatic rings. The zero-order chi connectivity index (χ0) is 14.8. The lowest BCUT2D eigenvalue weighted by Crippen LogP contribution is -2.43. The van der Waals surface area contributed by atoms with Crippen molar-refractivity contribution in [3.05, 3.63) is 11.9 Å². The van der Waals surface area contributed by atoms with Crippen LogP contribution in [0.2, 0.25) is 0 Å². The Bertz CT molecular complexity index is 466. The summed E-state index contributed by atoms with van der Waals surface area (Å²) in [7, 11) is 1.85. The Balaban J connectivity index is 2.17. The van der Waals surface area contributed by atoms with E-state index in [1.54, 1.807) is 0 Å². The Morgan fingerprint density at radius 2 is 2.15 bits per heavy atom. The summed E-state index contributed by atoms with van der Waals surface area (Å²) in [5.74, 6) is 1.88. The molecule has 0 spiro atoms. The molecule has 1 aliphatic rings. The van der Waals surface area contributed by atoms with Gasteiger partial charge >= 0.3 is 0 Å².